The van der Waals surface area contributed by atoms with E-state index >= 15 is 0 Å². The minimum atomic E-state index is 0.546. The molecule has 1 N–H and O–H groups in total. The zero-order chi connectivity index (χ0) is 14.8. The van der Waals surface area contributed by atoms with Gasteiger partial charge >= 0.3 is 0 Å². The molecule has 0 radical (unpaired) electrons. The van der Waals surface area contributed by atoms with Crippen molar-refractivity contribution in [3.8, 4) is 0 Å². The molecule has 0 aliphatic carbocycles. The molecule has 0 spiro atoms. The summed E-state index contributed by atoms with van der Waals surface area (Å²) in [6.45, 7) is 10.3. The topological polar surface area (TPSA) is 37.4 Å². The number of rotatable bonds is 10. The molecule has 4 nitrogen and oxygen atoms in total. The van der Waals surface area contributed by atoms with Crippen LogP contribution in [0.3, 0.4) is 0 Å². The molecule has 0 saturated heterocycles. The summed E-state index contributed by atoms with van der Waals surface area (Å²) < 4.78 is 5.23. The molecule has 1 atom stereocenters. The van der Waals surface area contributed by atoms with Crippen molar-refractivity contribution < 1.29 is 4.74 Å². The Labute approximate surface area is 123 Å². The minimum Gasteiger partial charge on any atom is -0.383 e. The molecule has 4 heteroatoms. The normalized spacial score (nSPS) is 12.7. The van der Waals surface area contributed by atoms with Crippen molar-refractivity contribution >= 4 is 5.82 Å². The molecule has 1 unspecified atom stereocenters. The summed E-state index contributed by atoms with van der Waals surface area (Å²) in [6, 6.07) is 4.72. The minimum absolute atomic E-state index is 0.546. The summed E-state index contributed by atoms with van der Waals surface area (Å²) in [5.74, 6) is 1.01. The smallest absolute Gasteiger partial charge is 0.130 e. The van der Waals surface area contributed by atoms with Gasteiger partial charge < -0.3 is 10.1 Å². The van der Waals surface area contributed by atoms with E-state index in [4.69, 9.17) is 4.74 Å². The van der Waals surface area contributed by atoms with Crippen molar-refractivity contribution in [1.29, 1.82) is 0 Å². The molecule has 0 bridgehead atoms. The van der Waals surface area contributed by atoms with Gasteiger partial charge in [-0.1, -0.05) is 19.9 Å². The Hall–Kier alpha value is -1.13. The first-order valence-electron chi connectivity index (χ1n) is 7.63. The number of hydrogen-bond acceptors (Lipinski definition) is 4. The van der Waals surface area contributed by atoms with Crippen LogP contribution in [0, 0.1) is 0 Å². The van der Waals surface area contributed by atoms with Crippen molar-refractivity contribution in [3.63, 3.8) is 0 Å². The summed E-state index contributed by atoms with van der Waals surface area (Å²) in [5, 5.41) is 3.41. The highest BCUT2D eigenvalue weighted by Crippen LogP contribution is 2.16. The molecule has 1 aromatic rings. The van der Waals surface area contributed by atoms with Gasteiger partial charge in [0, 0.05) is 44.5 Å². The van der Waals surface area contributed by atoms with Crippen molar-refractivity contribution in [2.45, 2.75) is 46.2 Å². The lowest BCUT2D eigenvalue weighted by Gasteiger charge is -2.28. The Morgan fingerprint density at radius 3 is 2.85 bits per heavy atom. The lowest BCUT2D eigenvalue weighted by atomic mass is 10.1. The van der Waals surface area contributed by atoms with Gasteiger partial charge in [-0.2, -0.15) is 0 Å². The van der Waals surface area contributed by atoms with Crippen molar-refractivity contribution in [2.24, 2.45) is 0 Å². The maximum atomic E-state index is 5.23. The van der Waals surface area contributed by atoms with E-state index in [2.05, 4.69) is 42.0 Å². The van der Waals surface area contributed by atoms with Gasteiger partial charge in [-0.25, -0.2) is 4.98 Å². The van der Waals surface area contributed by atoms with Crippen LogP contribution < -0.4 is 5.32 Å². The van der Waals surface area contributed by atoms with E-state index in [-0.39, 0.29) is 0 Å². The quantitative estimate of drug-likeness (QED) is 0.714. The highest BCUT2D eigenvalue weighted by molar-refractivity contribution is 5.43. The molecule has 0 aromatic carbocycles. The third kappa shape index (κ3) is 5.47. The number of nitrogens with zero attached hydrogens (tertiary/aromatic N) is 2. The average molecular weight is 279 g/mol. The van der Waals surface area contributed by atoms with Crippen LogP contribution >= 0.6 is 0 Å². The molecule has 20 heavy (non-hydrogen) atoms. The highest BCUT2D eigenvalue weighted by atomic mass is 16.5. The van der Waals surface area contributed by atoms with Crippen LogP contribution in [-0.4, -0.2) is 42.7 Å². The predicted molar refractivity (Wildman–Crippen MR) is 85.1 cm³/mol. The fourth-order valence-electron chi connectivity index (χ4n) is 2.11. The predicted octanol–water partition coefficient (Wildman–Crippen LogP) is 3.15. The fourth-order valence-corrected chi connectivity index (χ4v) is 2.11. The van der Waals surface area contributed by atoms with Crippen LogP contribution in [0.25, 0.3) is 0 Å². The van der Waals surface area contributed by atoms with E-state index in [0.717, 1.165) is 44.9 Å². The van der Waals surface area contributed by atoms with Crippen molar-refractivity contribution in [3.05, 3.63) is 23.9 Å². The van der Waals surface area contributed by atoms with E-state index in [1.54, 1.807) is 7.11 Å². The number of methoxy groups -OCH3 is 1. The number of ether oxygens (including phenoxy) is 1. The van der Waals surface area contributed by atoms with Crippen LogP contribution in [0.2, 0.25) is 0 Å². The molecule has 1 rings (SSSR count). The SMILES string of the molecule is CCCNc1ncccc1CN(CCOC)C(C)CC. The molecule has 0 amide bonds. The van der Waals surface area contributed by atoms with Crippen LogP contribution in [-0.2, 0) is 11.3 Å². The molecule has 1 heterocycles. The van der Waals surface area contributed by atoms with E-state index < -0.39 is 0 Å². The third-order valence-corrected chi connectivity index (χ3v) is 3.60. The van der Waals surface area contributed by atoms with Gasteiger partial charge in [-0.3, -0.25) is 4.90 Å². The number of aromatic nitrogens is 1. The molecule has 0 aliphatic rings. The first-order chi connectivity index (χ1) is 9.72. The second-order valence-corrected chi connectivity index (χ2v) is 5.16. The van der Waals surface area contributed by atoms with Crippen molar-refractivity contribution in [1.82, 2.24) is 9.88 Å². The summed E-state index contributed by atoms with van der Waals surface area (Å²) in [4.78, 5) is 6.92. The zero-order valence-corrected chi connectivity index (χ0v) is 13.4. The van der Waals surface area contributed by atoms with Gasteiger partial charge in [0.15, 0.2) is 0 Å². The fraction of sp³-hybridized carbons (Fsp3) is 0.688. The lowest BCUT2D eigenvalue weighted by Crippen LogP contribution is -2.35. The van der Waals surface area contributed by atoms with Gasteiger partial charge in [0.25, 0.3) is 0 Å². The molecule has 114 valence electrons. The molecule has 1 aromatic heterocycles. The van der Waals surface area contributed by atoms with Crippen LogP contribution in [0.5, 0.6) is 0 Å². The number of nitrogens with one attached hydrogen (secondary N) is 1. The second kappa shape index (κ2) is 9.72. The Balaban J connectivity index is 2.75. The molecule has 0 aliphatic heterocycles. The standard InChI is InChI=1S/C16H29N3O/c1-5-9-17-16-15(8-7-10-18-16)13-19(11-12-20-4)14(3)6-2/h7-8,10,14H,5-6,9,11-13H2,1-4H3,(H,17,18). The Morgan fingerprint density at radius 1 is 1.40 bits per heavy atom. The van der Waals surface area contributed by atoms with Crippen LogP contribution in [0.1, 0.15) is 39.2 Å². The first-order valence-corrected chi connectivity index (χ1v) is 7.63. The van der Waals surface area contributed by atoms with Crippen LogP contribution in [0.4, 0.5) is 5.82 Å². The summed E-state index contributed by atoms with van der Waals surface area (Å²) in [7, 11) is 1.76. The number of anilines is 1. The molecular formula is C16H29N3O. The van der Waals surface area contributed by atoms with Gasteiger partial charge in [0.2, 0.25) is 0 Å². The van der Waals surface area contributed by atoms with Crippen molar-refractivity contribution in [2.75, 3.05) is 32.1 Å². The maximum absolute atomic E-state index is 5.23. The molecule has 0 saturated carbocycles. The summed E-state index contributed by atoms with van der Waals surface area (Å²) in [5.41, 5.74) is 1.26. The molecular weight excluding hydrogens is 250 g/mol. The average Bonchev–Trinajstić information content (AvgIpc) is 2.49. The Bertz CT molecular complexity index is 370. The van der Waals surface area contributed by atoms with Gasteiger partial charge in [0.05, 0.1) is 6.61 Å². The van der Waals surface area contributed by atoms with Gasteiger partial charge in [0.1, 0.15) is 5.82 Å². The summed E-state index contributed by atoms with van der Waals surface area (Å²) >= 11 is 0. The maximum Gasteiger partial charge on any atom is 0.130 e. The van der Waals surface area contributed by atoms with E-state index in [9.17, 15) is 0 Å². The number of hydrogen-bond donors (Lipinski definition) is 1. The largest absolute Gasteiger partial charge is 0.383 e. The molecule has 0 fully saturated rings. The Kier molecular flexibility index (Phi) is 8.23. The van der Waals surface area contributed by atoms with Crippen LogP contribution in [0.15, 0.2) is 18.3 Å². The highest BCUT2D eigenvalue weighted by Gasteiger charge is 2.14. The second-order valence-electron chi connectivity index (χ2n) is 5.16. The monoisotopic (exact) mass is 279 g/mol. The van der Waals surface area contributed by atoms with E-state index in [0.29, 0.717) is 6.04 Å². The van der Waals surface area contributed by atoms with E-state index in [1.807, 2.05) is 12.3 Å². The third-order valence-electron chi connectivity index (χ3n) is 3.60. The van der Waals surface area contributed by atoms with Gasteiger partial charge in [-0.05, 0) is 25.8 Å². The Morgan fingerprint density at radius 2 is 2.20 bits per heavy atom. The zero-order valence-electron chi connectivity index (χ0n) is 13.4. The summed E-state index contributed by atoms with van der Waals surface area (Å²) in [6.07, 6.45) is 4.10. The number of pyridine rings is 1. The van der Waals surface area contributed by atoms with Gasteiger partial charge in [-0.15, -0.1) is 0 Å². The van der Waals surface area contributed by atoms with E-state index in [1.165, 1.54) is 5.56 Å². The lowest BCUT2D eigenvalue weighted by molar-refractivity contribution is 0.118. The first kappa shape index (κ1) is 16.9.